The first-order valence-corrected chi connectivity index (χ1v) is 22.5. The molecule has 2 aliphatic rings. The van der Waals surface area contributed by atoms with E-state index in [-0.39, 0.29) is 0 Å². The van der Waals surface area contributed by atoms with Crippen LogP contribution < -0.4 is 0 Å². The van der Waals surface area contributed by atoms with Crippen LogP contribution in [0.15, 0.2) is 241 Å². The molecule has 0 aromatic heterocycles. The summed E-state index contributed by atoms with van der Waals surface area (Å²) in [4.78, 5) is 5.47. The van der Waals surface area contributed by atoms with E-state index in [2.05, 4.69) is 237 Å². The van der Waals surface area contributed by atoms with Gasteiger partial charge in [-0.05, 0) is 131 Å². The van der Waals surface area contributed by atoms with E-state index < -0.39 is 5.41 Å². The molecule has 0 radical (unpaired) electrons. The Morgan fingerprint density at radius 3 is 1.62 bits per heavy atom. The molecule has 302 valence electrons. The molecule has 0 fully saturated rings. The molecule has 1 heterocycles. The quantitative estimate of drug-likeness (QED) is 0.148. The van der Waals surface area contributed by atoms with E-state index in [4.69, 9.17) is 4.99 Å². The van der Waals surface area contributed by atoms with Crippen LogP contribution in [0, 0.1) is 0 Å². The molecule has 0 N–H and O–H groups in total. The summed E-state index contributed by atoms with van der Waals surface area (Å²) in [6, 6.07) is 82.8. The van der Waals surface area contributed by atoms with Crippen molar-refractivity contribution in [3.8, 4) is 22.3 Å². The van der Waals surface area contributed by atoms with Gasteiger partial charge in [0.2, 0.25) is 0 Å². The molecule has 10 aromatic carbocycles. The lowest BCUT2D eigenvalue weighted by molar-refractivity contribution is 0.769. The fraction of sp³-hybridized carbons (Fsp3) is 0.0635. The van der Waals surface area contributed by atoms with Gasteiger partial charge in [0.15, 0.2) is 0 Å². The summed E-state index contributed by atoms with van der Waals surface area (Å²) in [5.41, 5.74) is 18.0. The largest absolute Gasteiger partial charge is 0.252 e. The number of rotatable bonds is 6. The Morgan fingerprint density at radius 1 is 0.375 bits per heavy atom. The maximum atomic E-state index is 5.47. The van der Waals surface area contributed by atoms with E-state index in [0.717, 1.165) is 29.8 Å². The molecule has 1 aliphatic carbocycles. The summed E-state index contributed by atoms with van der Waals surface area (Å²) in [6.07, 6.45) is 4.13. The van der Waals surface area contributed by atoms with Crippen molar-refractivity contribution in [2.24, 2.45) is 4.99 Å². The number of aliphatic imine (C=N–C) groups is 1. The van der Waals surface area contributed by atoms with Crippen molar-refractivity contribution in [3.63, 3.8) is 0 Å². The van der Waals surface area contributed by atoms with Gasteiger partial charge < -0.3 is 0 Å². The van der Waals surface area contributed by atoms with Crippen molar-refractivity contribution in [1.29, 1.82) is 0 Å². The Hall–Kier alpha value is -7.87. The second-order valence-electron chi connectivity index (χ2n) is 17.3. The topological polar surface area (TPSA) is 12.4 Å². The fourth-order valence-corrected chi connectivity index (χ4v) is 10.9. The summed E-state index contributed by atoms with van der Waals surface area (Å²) in [6.45, 7) is 2.32. The zero-order chi connectivity index (χ0) is 42.6. The molecule has 64 heavy (non-hydrogen) atoms. The highest BCUT2D eigenvalue weighted by atomic mass is 14.8. The normalized spacial score (nSPS) is 17.2. The van der Waals surface area contributed by atoms with Gasteiger partial charge in [-0.1, -0.05) is 218 Å². The van der Waals surface area contributed by atoms with Crippen LogP contribution in [0.2, 0.25) is 0 Å². The number of benzene rings is 10. The van der Waals surface area contributed by atoms with Crippen LogP contribution >= 0.6 is 0 Å². The van der Waals surface area contributed by atoms with E-state index in [1.54, 1.807) is 0 Å². The summed E-state index contributed by atoms with van der Waals surface area (Å²) < 4.78 is 0. The van der Waals surface area contributed by atoms with Crippen molar-refractivity contribution in [2.75, 3.05) is 0 Å². The summed E-state index contributed by atoms with van der Waals surface area (Å²) >= 11 is 0. The van der Waals surface area contributed by atoms with Crippen LogP contribution in [0.5, 0.6) is 0 Å². The van der Waals surface area contributed by atoms with Crippen molar-refractivity contribution in [2.45, 2.75) is 25.2 Å². The predicted molar refractivity (Wildman–Crippen MR) is 271 cm³/mol. The monoisotopic (exact) mass is 815 g/mol. The first-order valence-electron chi connectivity index (χ1n) is 22.5. The van der Waals surface area contributed by atoms with Gasteiger partial charge in [0.1, 0.15) is 0 Å². The zero-order valence-electron chi connectivity index (χ0n) is 35.8. The molecule has 0 amide bonds. The highest BCUT2D eigenvalue weighted by molar-refractivity contribution is 6.28. The Balaban J connectivity index is 1.10. The van der Waals surface area contributed by atoms with E-state index in [0.29, 0.717) is 0 Å². The molecular formula is C63H45N. The molecule has 1 nitrogen and oxygen atoms in total. The van der Waals surface area contributed by atoms with Crippen LogP contribution in [0.25, 0.3) is 65.8 Å². The predicted octanol–water partition coefficient (Wildman–Crippen LogP) is 16.3. The average Bonchev–Trinajstić information content (AvgIpc) is 3.66. The Morgan fingerprint density at radius 2 is 0.906 bits per heavy atom. The van der Waals surface area contributed by atoms with Crippen molar-refractivity contribution >= 4 is 49.3 Å². The first-order chi connectivity index (χ1) is 31.7. The third-order valence-electron chi connectivity index (χ3n) is 13.9. The van der Waals surface area contributed by atoms with E-state index >= 15 is 0 Å². The second-order valence-corrected chi connectivity index (χ2v) is 17.3. The van der Waals surface area contributed by atoms with Crippen molar-refractivity contribution in [3.05, 3.63) is 275 Å². The maximum absolute atomic E-state index is 5.47. The molecule has 0 atom stereocenters. The summed E-state index contributed by atoms with van der Waals surface area (Å²) in [5.74, 6) is 0. The van der Waals surface area contributed by atoms with E-state index in [9.17, 15) is 0 Å². The molecule has 0 saturated heterocycles. The van der Waals surface area contributed by atoms with Crippen LogP contribution in [-0.4, -0.2) is 5.71 Å². The first kappa shape index (κ1) is 37.9. The fourth-order valence-electron chi connectivity index (χ4n) is 10.9. The molecule has 1 heteroatoms. The van der Waals surface area contributed by atoms with E-state index in [1.807, 2.05) is 0 Å². The van der Waals surface area contributed by atoms with Crippen LogP contribution in [-0.2, 0) is 5.41 Å². The van der Waals surface area contributed by atoms with Gasteiger partial charge in [0.25, 0.3) is 0 Å². The highest BCUT2D eigenvalue weighted by Crippen LogP contribution is 2.57. The lowest BCUT2D eigenvalue weighted by Gasteiger charge is -2.34. The summed E-state index contributed by atoms with van der Waals surface area (Å²) in [7, 11) is 0. The standard InChI is InChI=1S/C63H45N/c1-42-33-38-60(43-19-6-2-7-20-43)64-61(44-21-8-3-9-22-44)41-56(42)55-31-18-30-54-50-28-15-14-27-49(50)51-36-34-45(39-57(51)62(54)55)46-35-37-53-52-29-16-17-32-58(52)63(59(53)40-46,47-23-10-4-11-24-47)48-25-12-5-13-26-48/h2-32,34-37,39-41H,33,38H2,1H3/b56-42+,61-41-,64-60+. The molecule has 1 aliphatic heterocycles. The van der Waals surface area contributed by atoms with Gasteiger partial charge in [0, 0.05) is 11.3 Å². The maximum Gasteiger partial charge on any atom is 0.0713 e. The number of hydrogen-bond donors (Lipinski definition) is 0. The van der Waals surface area contributed by atoms with E-state index in [1.165, 1.54) is 99.1 Å². The van der Waals surface area contributed by atoms with Gasteiger partial charge in [-0.3, -0.25) is 4.99 Å². The van der Waals surface area contributed by atoms with Crippen LogP contribution in [0.4, 0.5) is 0 Å². The molecule has 10 aromatic rings. The minimum Gasteiger partial charge on any atom is -0.252 e. The smallest absolute Gasteiger partial charge is 0.0713 e. The lowest BCUT2D eigenvalue weighted by atomic mass is 9.67. The van der Waals surface area contributed by atoms with Gasteiger partial charge in [-0.25, -0.2) is 0 Å². The minimum absolute atomic E-state index is 0.467. The molecule has 0 bridgehead atoms. The molecule has 12 rings (SSSR count). The lowest BCUT2D eigenvalue weighted by Crippen LogP contribution is -2.28. The Bertz CT molecular complexity index is 3480. The molecule has 0 spiro atoms. The number of allylic oxidation sites excluding steroid dienone is 3. The third-order valence-corrected chi connectivity index (χ3v) is 13.9. The van der Waals surface area contributed by atoms with Crippen LogP contribution in [0.3, 0.4) is 0 Å². The second kappa shape index (κ2) is 15.5. The number of hydrogen-bond acceptors (Lipinski definition) is 1. The van der Waals surface area contributed by atoms with Crippen molar-refractivity contribution in [1.82, 2.24) is 0 Å². The van der Waals surface area contributed by atoms with Gasteiger partial charge in [-0.15, -0.1) is 0 Å². The van der Waals surface area contributed by atoms with Crippen molar-refractivity contribution < 1.29 is 0 Å². The van der Waals surface area contributed by atoms with Gasteiger partial charge >= 0.3 is 0 Å². The average molecular weight is 816 g/mol. The SMILES string of the molecule is C/C1=C(c2cccc3c4ccccc4c4ccc(-c5ccc6c(c5)C(c5ccccc5)(c5ccccc5)c5ccccc5-6)cc4c23)/C=C(c2ccccc2)\N=C(\c2ccccc2)CC1. The molecule has 0 unspecified atom stereocenters. The van der Waals surface area contributed by atoms with Gasteiger partial charge in [0.05, 0.1) is 11.1 Å². The minimum atomic E-state index is -0.467. The van der Waals surface area contributed by atoms with Gasteiger partial charge in [-0.2, -0.15) is 0 Å². The highest BCUT2D eigenvalue weighted by Gasteiger charge is 2.46. The Labute approximate surface area is 375 Å². The number of fused-ring (bicyclic) bond motifs is 9. The van der Waals surface area contributed by atoms with Crippen LogP contribution in [0.1, 0.15) is 58.7 Å². The summed E-state index contributed by atoms with van der Waals surface area (Å²) in [5, 5.41) is 7.60. The zero-order valence-corrected chi connectivity index (χ0v) is 35.8. The number of nitrogens with zero attached hydrogens (tertiary/aromatic N) is 1. The Kier molecular flexibility index (Phi) is 9.16. The molecule has 0 saturated carbocycles. The third kappa shape index (κ3) is 6.03. The molecular weight excluding hydrogens is 771 g/mol.